The molecule has 0 saturated heterocycles. The molecule has 0 aliphatic heterocycles. The van der Waals surface area contributed by atoms with Gasteiger partial charge >= 0.3 is 5.97 Å². The van der Waals surface area contributed by atoms with E-state index < -0.39 is 10.0 Å². The number of hydrogen-bond donors (Lipinski definition) is 3. The molecule has 0 amide bonds. The van der Waals surface area contributed by atoms with Crippen LogP contribution in [0.4, 0.5) is 5.69 Å². The van der Waals surface area contributed by atoms with Crippen molar-refractivity contribution in [2.75, 3.05) is 25.1 Å². The van der Waals surface area contributed by atoms with Crippen LogP contribution in [0.3, 0.4) is 0 Å². The number of carbonyl (C=O) groups excluding carboxylic acids is 1. The minimum atomic E-state index is -3.71. The topological polar surface area (TPSA) is 140 Å². The molecular weight excluding hydrogens is 452 g/mol. The molecule has 0 heterocycles. The summed E-state index contributed by atoms with van der Waals surface area (Å²) >= 11 is 0. The van der Waals surface area contributed by atoms with Crippen molar-refractivity contribution in [2.45, 2.75) is 17.7 Å². The van der Waals surface area contributed by atoms with Crippen LogP contribution in [0.15, 0.2) is 77.7 Å². The Balaban J connectivity index is 1.65. The van der Waals surface area contributed by atoms with Gasteiger partial charge in [0.2, 0.25) is 10.0 Å². The number of primary sulfonamides is 1. The summed E-state index contributed by atoms with van der Waals surface area (Å²) in [6.45, 7) is 0.721. The first-order valence-corrected chi connectivity index (χ1v) is 12.2. The number of nitrogens with two attached hydrogens (primary N) is 2. The van der Waals surface area contributed by atoms with Crippen molar-refractivity contribution in [3.8, 4) is 11.1 Å². The number of benzene rings is 3. The van der Waals surface area contributed by atoms with Gasteiger partial charge in [-0.15, -0.1) is 0 Å². The standard InChI is InChI=1S/C25H28N4O4S/c1-33-24(30)17-29(22-6-2-5-21(16-22)25(26)27)15-3-4-18-7-9-19(10-8-18)20-11-13-23(14-12-20)34(28,31)32/h2,5-14,16H,3-4,15,17H2,1H3,(H3,26,27)(H2,28,31,32). The molecule has 8 nitrogen and oxygen atoms in total. The number of sulfonamides is 1. The lowest BCUT2D eigenvalue weighted by Gasteiger charge is -2.24. The van der Waals surface area contributed by atoms with Crippen LogP contribution in [0.5, 0.6) is 0 Å². The van der Waals surface area contributed by atoms with Crippen molar-refractivity contribution in [1.29, 1.82) is 5.41 Å². The summed E-state index contributed by atoms with van der Waals surface area (Å²) in [4.78, 5) is 13.9. The lowest BCUT2D eigenvalue weighted by molar-refractivity contribution is -0.138. The molecular formula is C25H28N4O4S. The molecule has 3 rings (SSSR count). The highest BCUT2D eigenvalue weighted by molar-refractivity contribution is 7.89. The van der Waals surface area contributed by atoms with Gasteiger partial charge in [-0.25, -0.2) is 13.6 Å². The van der Waals surface area contributed by atoms with Crippen molar-refractivity contribution in [3.05, 3.63) is 83.9 Å². The Morgan fingerprint density at radius 3 is 2.18 bits per heavy atom. The van der Waals surface area contributed by atoms with Gasteiger partial charge in [0.05, 0.1) is 12.0 Å². The number of esters is 1. The molecule has 0 atom stereocenters. The number of aryl methyl sites for hydroxylation is 1. The second kappa shape index (κ2) is 11.0. The Morgan fingerprint density at radius 1 is 1.00 bits per heavy atom. The van der Waals surface area contributed by atoms with E-state index in [1.807, 2.05) is 41.3 Å². The third-order valence-electron chi connectivity index (χ3n) is 5.43. The monoisotopic (exact) mass is 480 g/mol. The molecule has 0 saturated carbocycles. The molecule has 0 aliphatic carbocycles. The van der Waals surface area contributed by atoms with Gasteiger partial charge in [-0.1, -0.05) is 48.5 Å². The highest BCUT2D eigenvalue weighted by Crippen LogP contribution is 2.22. The number of amidine groups is 1. The zero-order valence-electron chi connectivity index (χ0n) is 18.9. The van der Waals surface area contributed by atoms with Crippen LogP contribution in [0.25, 0.3) is 11.1 Å². The quantitative estimate of drug-likeness (QED) is 0.232. The number of hydrogen-bond acceptors (Lipinski definition) is 6. The normalized spacial score (nSPS) is 11.1. The summed E-state index contributed by atoms with van der Waals surface area (Å²) < 4.78 is 27.7. The first-order chi connectivity index (χ1) is 16.2. The summed E-state index contributed by atoms with van der Waals surface area (Å²) in [5.74, 6) is -0.370. The fourth-order valence-electron chi connectivity index (χ4n) is 3.56. The average Bonchev–Trinajstić information content (AvgIpc) is 2.83. The first-order valence-electron chi connectivity index (χ1n) is 10.7. The summed E-state index contributed by atoms with van der Waals surface area (Å²) in [5, 5.41) is 12.8. The van der Waals surface area contributed by atoms with Gasteiger partial charge in [-0.2, -0.15) is 0 Å². The lowest BCUT2D eigenvalue weighted by atomic mass is 10.0. The number of rotatable bonds is 10. The van der Waals surface area contributed by atoms with Crippen molar-refractivity contribution in [1.82, 2.24) is 0 Å². The van der Waals surface area contributed by atoms with Crippen LogP contribution in [-0.4, -0.2) is 40.4 Å². The van der Waals surface area contributed by atoms with Gasteiger partial charge in [0, 0.05) is 17.8 Å². The molecule has 178 valence electrons. The fourth-order valence-corrected chi connectivity index (χ4v) is 4.08. The smallest absolute Gasteiger partial charge is 0.325 e. The molecule has 0 aliphatic rings. The van der Waals surface area contributed by atoms with E-state index in [2.05, 4.69) is 0 Å². The summed E-state index contributed by atoms with van der Waals surface area (Å²) in [5.41, 5.74) is 10.0. The maximum absolute atomic E-state index is 11.9. The van der Waals surface area contributed by atoms with Crippen molar-refractivity contribution >= 4 is 27.5 Å². The molecule has 3 aromatic carbocycles. The molecule has 9 heteroatoms. The molecule has 0 spiro atoms. The van der Waals surface area contributed by atoms with E-state index >= 15 is 0 Å². The minimum Gasteiger partial charge on any atom is -0.468 e. The molecule has 0 radical (unpaired) electrons. The summed E-state index contributed by atoms with van der Waals surface area (Å²) in [6, 6.07) is 21.7. The Labute approximate surface area is 199 Å². The Morgan fingerprint density at radius 2 is 1.62 bits per heavy atom. The van der Waals surface area contributed by atoms with E-state index in [1.54, 1.807) is 24.3 Å². The number of anilines is 1. The number of methoxy groups -OCH3 is 1. The zero-order valence-corrected chi connectivity index (χ0v) is 19.7. The van der Waals surface area contributed by atoms with Crippen molar-refractivity contribution in [2.24, 2.45) is 10.9 Å². The van der Waals surface area contributed by atoms with Crippen molar-refractivity contribution in [3.63, 3.8) is 0 Å². The molecule has 0 fully saturated rings. The highest BCUT2D eigenvalue weighted by atomic mass is 32.2. The zero-order chi connectivity index (χ0) is 24.7. The van der Waals surface area contributed by atoms with E-state index in [-0.39, 0.29) is 23.2 Å². The Bertz CT molecular complexity index is 1260. The van der Waals surface area contributed by atoms with Crippen LogP contribution >= 0.6 is 0 Å². The van der Waals surface area contributed by atoms with Gasteiger partial charge in [-0.3, -0.25) is 10.2 Å². The minimum absolute atomic E-state index is 0.0285. The van der Waals surface area contributed by atoms with E-state index in [1.165, 1.54) is 19.2 Å². The molecule has 3 aromatic rings. The summed E-state index contributed by atoms with van der Waals surface area (Å²) in [6.07, 6.45) is 1.60. The van der Waals surface area contributed by atoms with Gasteiger partial charge in [0.25, 0.3) is 0 Å². The van der Waals surface area contributed by atoms with Crippen LogP contribution < -0.4 is 15.8 Å². The SMILES string of the molecule is COC(=O)CN(CCCc1ccc(-c2ccc(S(N)(=O)=O)cc2)cc1)c1cccc(C(=N)N)c1. The first kappa shape index (κ1) is 24.9. The number of nitrogens with zero attached hydrogens (tertiary/aromatic N) is 1. The predicted molar refractivity (Wildman–Crippen MR) is 133 cm³/mol. The molecule has 0 aromatic heterocycles. The number of nitrogens with one attached hydrogen (secondary N) is 1. The van der Waals surface area contributed by atoms with Crippen molar-refractivity contribution < 1.29 is 17.9 Å². The Kier molecular flexibility index (Phi) is 8.04. The number of ether oxygens (including phenoxy) is 1. The maximum Gasteiger partial charge on any atom is 0.325 e. The van der Waals surface area contributed by atoms with E-state index in [9.17, 15) is 13.2 Å². The van der Waals surface area contributed by atoms with Gasteiger partial charge in [-0.05, 0) is 53.8 Å². The van der Waals surface area contributed by atoms with Crippen LogP contribution in [0.1, 0.15) is 17.5 Å². The van der Waals surface area contributed by atoms with Crippen LogP contribution in [0, 0.1) is 5.41 Å². The molecule has 0 unspecified atom stereocenters. The largest absolute Gasteiger partial charge is 0.468 e. The maximum atomic E-state index is 11.9. The fraction of sp³-hybridized carbons (Fsp3) is 0.200. The van der Waals surface area contributed by atoms with Crippen LogP contribution in [-0.2, 0) is 26.0 Å². The van der Waals surface area contributed by atoms with Crippen LogP contribution in [0.2, 0.25) is 0 Å². The lowest BCUT2D eigenvalue weighted by Crippen LogP contribution is -2.32. The van der Waals surface area contributed by atoms with E-state index in [4.69, 9.17) is 21.0 Å². The van der Waals surface area contributed by atoms with E-state index in [0.717, 1.165) is 35.2 Å². The van der Waals surface area contributed by atoms with Gasteiger partial charge in [0.1, 0.15) is 12.4 Å². The third kappa shape index (κ3) is 6.66. The summed E-state index contributed by atoms with van der Waals surface area (Å²) in [7, 11) is -2.35. The van der Waals surface area contributed by atoms with E-state index in [0.29, 0.717) is 12.1 Å². The second-order valence-electron chi connectivity index (χ2n) is 7.83. The number of nitrogen functional groups attached to an aromatic ring is 1. The number of carbonyl (C=O) groups is 1. The second-order valence-corrected chi connectivity index (χ2v) is 9.39. The highest BCUT2D eigenvalue weighted by Gasteiger charge is 2.13. The van der Waals surface area contributed by atoms with Gasteiger partial charge < -0.3 is 15.4 Å². The Hall–Kier alpha value is -3.69. The molecule has 5 N–H and O–H groups in total. The molecule has 0 bridgehead atoms. The van der Waals surface area contributed by atoms with Gasteiger partial charge in [0.15, 0.2) is 0 Å². The average molecular weight is 481 g/mol. The predicted octanol–water partition coefficient (Wildman–Crippen LogP) is 2.90. The third-order valence-corrected chi connectivity index (χ3v) is 6.36. The molecule has 34 heavy (non-hydrogen) atoms.